The number of rotatable bonds is 3. The van der Waals surface area contributed by atoms with Crippen LogP contribution in [0.4, 0.5) is 11.8 Å². The van der Waals surface area contributed by atoms with Gasteiger partial charge in [0.15, 0.2) is 0 Å². The second kappa shape index (κ2) is 4.99. The van der Waals surface area contributed by atoms with Crippen LogP contribution in [0.1, 0.15) is 6.42 Å². The molecule has 6 heteroatoms. The highest BCUT2D eigenvalue weighted by Gasteiger charge is 2.17. The summed E-state index contributed by atoms with van der Waals surface area (Å²) >= 11 is 1.97. The van der Waals surface area contributed by atoms with Gasteiger partial charge < -0.3 is 5.32 Å². The zero-order valence-corrected chi connectivity index (χ0v) is 10.7. The van der Waals surface area contributed by atoms with E-state index in [1.54, 1.807) is 0 Å². The number of nitrogens with two attached hydrogens (primary N) is 1. The first-order chi connectivity index (χ1) is 8.86. The Morgan fingerprint density at radius 3 is 2.94 bits per heavy atom. The van der Waals surface area contributed by atoms with Gasteiger partial charge in [0.05, 0.1) is 5.52 Å². The third kappa shape index (κ3) is 2.21. The van der Waals surface area contributed by atoms with Crippen molar-refractivity contribution in [2.75, 3.05) is 22.2 Å². The fourth-order valence-corrected chi connectivity index (χ4v) is 3.25. The van der Waals surface area contributed by atoms with Gasteiger partial charge in [-0.25, -0.2) is 10.8 Å². The van der Waals surface area contributed by atoms with Gasteiger partial charge in [-0.05, 0) is 24.3 Å². The van der Waals surface area contributed by atoms with Crippen molar-refractivity contribution >= 4 is 34.4 Å². The van der Waals surface area contributed by atoms with Gasteiger partial charge in [-0.2, -0.15) is 16.7 Å². The van der Waals surface area contributed by atoms with Crippen LogP contribution in [0.3, 0.4) is 0 Å². The lowest BCUT2D eigenvalue weighted by Gasteiger charge is -2.14. The number of aromatic nitrogens is 2. The average Bonchev–Trinajstić information content (AvgIpc) is 2.91. The molecule has 1 saturated heterocycles. The molecule has 18 heavy (non-hydrogen) atoms. The van der Waals surface area contributed by atoms with Crippen molar-refractivity contribution < 1.29 is 0 Å². The molecule has 1 aromatic heterocycles. The smallest absolute Gasteiger partial charge is 0.239 e. The Balaban J connectivity index is 2.01. The standard InChI is InChI=1S/C12H15N5S/c13-17-12-15-10-4-2-1-3-9(10)11(16-12)14-8-5-6-18-7-8/h1-4,8H,5-7,13H2,(H2,14,15,16,17). The number of nitrogens with zero attached hydrogens (tertiary/aromatic N) is 2. The molecule has 0 bridgehead atoms. The number of nitrogens with one attached hydrogen (secondary N) is 2. The van der Waals surface area contributed by atoms with E-state index in [0.29, 0.717) is 12.0 Å². The molecule has 0 radical (unpaired) electrons. The number of hydrogen-bond acceptors (Lipinski definition) is 6. The van der Waals surface area contributed by atoms with Crippen LogP contribution < -0.4 is 16.6 Å². The molecule has 1 atom stereocenters. The van der Waals surface area contributed by atoms with Crippen molar-refractivity contribution in [1.29, 1.82) is 0 Å². The van der Waals surface area contributed by atoms with Crippen molar-refractivity contribution in [3.63, 3.8) is 0 Å². The normalized spacial score (nSPS) is 19.1. The molecule has 0 spiro atoms. The summed E-state index contributed by atoms with van der Waals surface area (Å²) in [6, 6.07) is 8.44. The van der Waals surface area contributed by atoms with Crippen LogP contribution in [-0.4, -0.2) is 27.5 Å². The quantitative estimate of drug-likeness (QED) is 0.578. The molecule has 4 N–H and O–H groups in total. The largest absolute Gasteiger partial charge is 0.366 e. The first kappa shape index (κ1) is 11.6. The molecular formula is C12H15N5S. The third-order valence-electron chi connectivity index (χ3n) is 3.00. The van der Waals surface area contributed by atoms with Crippen LogP contribution in [-0.2, 0) is 0 Å². The molecule has 1 aliphatic rings. The average molecular weight is 261 g/mol. The molecule has 0 saturated carbocycles. The second-order valence-electron chi connectivity index (χ2n) is 4.26. The van der Waals surface area contributed by atoms with Crippen LogP contribution >= 0.6 is 11.8 Å². The molecule has 2 heterocycles. The number of nitrogen functional groups attached to an aromatic ring is 1. The van der Waals surface area contributed by atoms with E-state index >= 15 is 0 Å². The van der Waals surface area contributed by atoms with Gasteiger partial charge in [-0.3, -0.25) is 5.43 Å². The molecular weight excluding hydrogens is 246 g/mol. The first-order valence-corrected chi connectivity index (χ1v) is 7.10. The highest BCUT2D eigenvalue weighted by Crippen LogP contribution is 2.25. The van der Waals surface area contributed by atoms with E-state index in [0.717, 1.165) is 22.5 Å². The van der Waals surface area contributed by atoms with Crippen molar-refractivity contribution in [1.82, 2.24) is 9.97 Å². The molecule has 5 nitrogen and oxygen atoms in total. The minimum atomic E-state index is 0.446. The van der Waals surface area contributed by atoms with E-state index in [1.165, 1.54) is 12.2 Å². The van der Waals surface area contributed by atoms with Gasteiger partial charge in [0, 0.05) is 17.2 Å². The van der Waals surface area contributed by atoms with Crippen molar-refractivity contribution in [3.8, 4) is 0 Å². The van der Waals surface area contributed by atoms with E-state index in [-0.39, 0.29) is 0 Å². The lowest BCUT2D eigenvalue weighted by atomic mass is 10.2. The van der Waals surface area contributed by atoms with Crippen LogP contribution in [0.2, 0.25) is 0 Å². The maximum absolute atomic E-state index is 5.41. The SMILES string of the molecule is NNc1nc(NC2CCSC2)c2ccccc2n1. The Morgan fingerprint density at radius 2 is 2.17 bits per heavy atom. The molecule has 1 unspecified atom stereocenters. The number of anilines is 2. The van der Waals surface area contributed by atoms with Crippen LogP contribution in [0, 0.1) is 0 Å². The van der Waals surface area contributed by atoms with Gasteiger partial charge in [0.2, 0.25) is 5.95 Å². The molecule has 0 amide bonds. The second-order valence-corrected chi connectivity index (χ2v) is 5.41. The lowest BCUT2D eigenvalue weighted by molar-refractivity contribution is 0.808. The number of hydrogen-bond donors (Lipinski definition) is 3. The Hall–Kier alpha value is -1.53. The molecule has 1 aliphatic heterocycles. The Kier molecular flexibility index (Phi) is 3.21. The zero-order valence-electron chi connectivity index (χ0n) is 9.89. The Labute approximate surface area is 110 Å². The first-order valence-electron chi connectivity index (χ1n) is 5.94. The van der Waals surface area contributed by atoms with Crippen molar-refractivity contribution in [2.24, 2.45) is 5.84 Å². The fourth-order valence-electron chi connectivity index (χ4n) is 2.09. The summed E-state index contributed by atoms with van der Waals surface area (Å²) in [4.78, 5) is 8.75. The Bertz CT molecular complexity index is 553. The lowest BCUT2D eigenvalue weighted by Crippen LogP contribution is -2.20. The third-order valence-corrected chi connectivity index (χ3v) is 4.17. The summed E-state index contributed by atoms with van der Waals surface area (Å²) in [5.74, 6) is 9.06. The summed E-state index contributed by atoms with van der Waals surface area (Å²) in [5.41, 5.74) is 3.41. The minimum Gasteiger partial charge on any atom is -0.366 e. The van der Waals surface area contributed by atoms with Gasteiger partial charge in [-0.15, -0.1) is 0 Å². The maximum atomic E-state index is 5.41. The van der Waals surface area contributed by atoms with Gasteiger partial charge in [0.25, 0.3) is 0 Å². The van der Waals surface area contributed by atoms with Crippen LogP contribution in [0.5, 0.6) is 0 Å². The number of hydrazine groups is 1. The van der Waals surface area contributed by atoms with E-state index < -0.39 is 0 Å². The summed E-state index contributed by atoms with van der Waals surface area (Å²) < 4.78 is 0. The monoisotopic (exact) mass is 261 g/mol. The van der Waals surface area contributed by atoms with E-state index in [4.69, 9.17) is 5.84 Å². The van der Waals surface area contributed by atoms with Crippen molar-refractivity contribution in [3.05, 3.63) is 24.3 Å². The van der Waals surface area contributed by atoms with Gasteiger partial charge in [-0.1, -0.05) is 12.1 Å². The maximum Gasteiger partial charge on any atom is 0.239 e. The summed E-state index contributed by atoms with van der Waals surface area (Å²) in [6.07, 6.45) is 1.17. The molecule has 94 valence electrons. The summed E-state index contributed by atoms with van der Waals surface area (Å²) in [6.45, 7) is 0. The molecule has 2 aromatic rings. The van der Waals surface area contributed by atoms with E-state index in [1.807, 2.05) is 36.0 Å². The van der Waals surface area contributed by atoms with Crippen molar-refractivity contribution in [2.45, 2.75) is 12.5 Å². The predicted molar refractivity (Wildman–Crippen MR) is 76.7 cm³/mol. The molecule has 0 aliphatic carbocycles. The minimum absolute atomic E-state index is 0.446. The summed E-state index contributed by atoms with van der Waals surface area (Å²) in [7, 11) is 0. The van der Waals surface area contributed by atoms with Gasteiger partial charge in [0.1, 0.15) is 5.82 Å². The molecule has 3 rings (SSSR count). The summed E-state index contributed by atoms with van der Waals surface area (Å²) in [5, 5.41) is 4.53. The number of para-hydroxylation sites is 1. The number of fused-ring (bicyclic) bond motifs is 1. The van der Waals surface area contributed by atoms with E-state index in [9.17, 15) is 0 Å². The number of benzene rings is 1. The molecule has 1 aromatic carbocycles. The topological polar surface area (TPSA) is 75.9 Å². The van der Waals surface area contributed by atoms with E-state index in [2.05, 4.69) is 20.7 Å². The van der Waals surface area contributed by atoms with Crippen LogP contribution in [0.15, 0.2) is 24.3 Å². The van der Waals surface area contributed by atoms with Crippen LogP contribution in [0.25, 0.3) is 10.9 Å². The number of thioether (sulfide) groups is 1. The highest BCUT2D eigenvalue weighted by atomic mass is 32.2. The highest BCUT2D eigenvalue weighted by molar-refractivity contribution is 7.99. The zero-order chi connectivity index (χ0) is 12.4. The Morgan fingerprint density at radius 1 is 1.28 bits per heavy atom. The molecule has 1 fully saturated rings. The fraction of sp³-hybridized carbons (Fsp3) is 0.333. The predicted octanol–water partition coefficient (Wildman–Crippen LogP) is 1.83. The van der Waals surface area contributed by atoms with Gasteiger partial charge >= 0.3 is 0 Å².